The Balaban J connectivity index is 1.71. The third kappa shape index (κ3) is 33.1. The van der Waals surface area contributed by atoms with Crippen molar-refractivity contribution in [3.05, 3.63) is 0 Å². The summed E-state index contributed by atoms with van der Waals surface area (Å²) in [6.45, 7) is 2.67. The minimum atomic E-state index is -1.76. The minimum absolute atomic E-state index is 0.174. The predicted octanol–water partition coefficient (Wildman–Crippen LogP) is 10.7. The molecular weight excluding hydrogens is 949 g/mol. The van der Waals surface area contributed by atoms with E-state index in [-0.39, 0.29) is 26.1 Å². The summed E-state index contributed by atoms with van der Waals surface area (Å²) in [6, 6.07) is 0. The summed E-state index contributed by atoms with van der Waals surface area (Å²) in [5.74, 6) is -0.902. The molecule has 2 rings (SSSR count). The van der Waals surface area contributed by atoms with Gasteiger partial charge in [0.2, 0.25) is 0 Å². The summed E-state index contributed by atoms with van der Waals surface area (Å²) in [7, 11) is 0. The molecule has 2 fully saturated rings. The molecule has 438 valence electrons. The maximum absolute atomic E-state index is 13.1. The fourth-order valence-electron chi connectivity index (χ4n) is 10.1. The van der Waals surface area contributed by atoms with Crippen molar-refractivity contribution >= 4 is 11.9 Å². The summed E-state index contributed by atoms with van der Waals surface area (Å²) in [5, 5.41) is 72.3. The average Bonchev–Trinajstić information content (AvgIpc) is 3.39. The summed E-state index contributed by atoms with van der Waals surface area (Å²) < 4.78 is 33.7. The van der Waals surface area contributed by atoms with Crippen LogP contribution in [0, 0.1) is 0 Å². The van der Waals surface area contributed by atoms with Crippen molar-refractivity contribution in [3.63, 3.8) is 0 Å². The third-order valence-electron chi connectivity index (χ3n) is 15.1. The maximum Gasteiger partial charge on any atom is 0.306 e. The zero-order chi connectivity index (χ0) is 53.9. The van der Waals surface area contributed by atoms with Gasteiger partial charge in [0.1, 0.15) is 55.4 Å². The number of esters is 2. The molecule has 0 aliphatic carbocycles. The SMILES string of the molecule is CCCCCCCCCCCCCCCCCCCCCCCCC(=O)OC[C@@H](CO[C@@H]1O[C@H](CO[C@@H]2O[C@H](CO)[C@H](O)C(O)C2O)[C@H](O)C(O)C1O)OC(=O)CCCCCCCCCCCCCCCCCC. The van der Waals surface area contributed by atoms with E-state index in [1.807, 2.05) is 0 Å². The molecule has 0 radical (unpaired) electrons. The highest BCUT2D eigenvalue weighted by Gasteiger charge is 2.47. The number of unbranched alkanes of at least 4 members (excludes halogenated alkanes) is 36. The molecule has 4 unspecified atom stereocenters. The molecule has 0 saturated carbocycles. The van der Waals surface area contributed by atoms with Crippen LogP contribution in [0.4, 0.5) is 0 Å². The lowest BCUT2D eigenvalue weighted by Gasteiger charge is -2.42. The second kappa shape index (κ2) is 46.4. The van der Waals surface area contributed by atoms with E-state index in [0.717, 1.165) is 38.5 Å². The second-order valence-electron chi connectivity index (χ2n) is 21.9. The van der Waals surface area contributed by atoms with E-state index in [1.165, 1.54) is 193 Å². The second-order valence-corrected chi connectivity index (χ2v) is 21.9. The topological polar surface area (TPSA) is 231 Å². The van der Waals surface area contributed by atoms with Gasteiger partial charge in [-0.15, -0.1) is 0 Å². The zero-order valence-corrected chi connectivity index (χ0v) is 46.9. The van der Waals surface area contributed by atoms with E-state index in [1.54, 1.807) is 0 Å². The van der Waals surface area contributed by atoms with E-state index in [2.05, 4.69) is 13.8 Å². The van der Waals surface area contributed by atoms with Gasteiger partial charge in [-0.1, -0.05) is 245 Å². The van der Waals surface area contributed by atoms with E-state index in [9.17, 15) is 45.3 Å². The van der Waals surface area contributed by atoms with Gasteiger partial charge in [0.15, 0.2) is 18.7 Å². The average molecular weight is 1060 g/mol. The number of aliphatic hydroxyl groups excluding tert-OH is 7. The molecule has 15 nitrogen and oxygen atoms in total. The molecule has 2 aliphatic heterocycles. The largest absolute Gasteiger partial charge is 0.462 e. The summed E-state index contributed by atoms with van der Waals surface area (Å²) >= 11 is 0. The van der Waals surface area contributed by atoms with Crippen molar-refractivity contribution in [2.75, 3.05) is 26.4 Å². The van der Waals surface area contributed by atoms with Gasteiger partial charge in [-0.2, -0.15) is 0 Å². The fourth-order valence-corrected chi connectivity index (χ4v) is 10.1. The Hall–Kier alpha value is -1.50. The lowest BCUT2D eigenvalue weighted by Crippen LogP contribution is -2.61. The Labute approximate surface area is 448 Å². The van der Waals surface area contributed by atoms with Crippen LogP contribution < -0.4 is 0 Å². The van der Waals surface area contributed by atoms with Crippen molar-refractivity contribution < 1.29 is 73.8 Å². The number of hydrogen-bond acceptors (Lipinski definition) is 15. The number of carbonyl (C=O) groups excluding carboxylic acids is 2. The standard InChI is InChI=1S/C59H112O15/c1-3-5-7-9-11-13-15-17-19-21-22-23-24-25-26-28-29-31-33-35-37-39-41-50(61)69-44-47(72-51(62)42-40-38-36-34-32-30-27-20-18-16-14-12-10-8-6-4-2)45-70-58-57(68)55(66)53(64)49(74-58)46-71-59-56(67)54(65)52(63)48(43-60)73-59/h47-49,52-60,63-68H,3-46H2,1-2H3/t47-,48+,49+,52-,53-,54?,55?,56?,57?,58+,59+/m0/s1. The van der Waals surface area contributed by atoms with Gasteiger partial charge >= 0.3 is 11.9 Å². The number of carbonyl (C=O) groups is 2. The number of rotatable bonds is 50. The van der Waals surface area contributed by atoms with Crippen LogP contribution in [0.2, 0.25) is 0 Å². The minimum Gasteiger partial charge on any atom is -0.462 e. The van der Waals surface area contributed by atoms with Gasteiger partial charge < -0.3 is 64.2 Å². The van der Waals surface area contributed by atoms with Crippen molar-refractivity contribution in [2.45, 2.75) is 338 Å². The molecule has 2 heterocycles. The monoisotopic (exact) mass is 1060 g/mol. The lowest BCUT2D eigenvalue weighted by molar-refractivity contribution is -0.332. The first kappa shape index (κ1) is 68.6. The molecular formula is C59H112O15. The molecule has 15 heteroatoms. The molecule has 74 heavy (non-hydrogen) atoms. The van der Waals surface area contributed by atoms with Crippen LogP contribution >= 0.6 is 0 Å². The highest BCUT2D eigenvalue weighted by molar-refractivity contribution is 5.70. The molecule has 0 aromatic carbocycles. The third-order valence-corrected chi connectivity index (χ3v) is 15.1. The highest BCUT2D eigenvalue weighted by atomic mass is 16.7. The normalized spacial score (nSPS) is 24.6. The van der Waals surface area contributed by atoms with E-state index < -0.39 is 92.7 Å². The van der Waals surface area contributed by atoms with Crippen LogP contribution in [0.1, 0.15) is 271 Å². The van der Waals surface area contributed by atoms with Crippen molar-refractivity contribution in [1.82, 2.24) is 0 Å². The first-order chi connectivity index (χ1) is 36.0. The number of ether oxygens (including phenoxy) is 6. The van der Waals surface area contributed by atoms with Crippen LogP contribution in [-0.2, 0) is 38.0 Å². The lowest BCUT2D eigenvalue weighted by atomic mass is 9.98. The van der Waals surface area contributed by atoms with E-state index >= 15 is 0 Å². The summed E-state index contributed by atoms with van der Waals surface area (Å²) in [6.07, 6.45) is 31.3. The van der Waals surface area contributed by atoms with Crippen LogP contribution in [0.15, 0.2) is 0 Å². The molecule has 2 saturated heterocycles. The Morgan fingerprint density at radius 1 is 0.378 bits per heavy atom. The zero-order valence-electron chi connectivity index (χ0n) is 46.9. The molecule has 11 atom stereocenters. The maximum atomic E-state index is 13.1. The summed E-state index contributed by atoms with van der Waals surface area (Å²) in [5.41, 5.74) is 0. The first-order valence-electron chi connectivity index (χ1n) is 30.6. The molecule has 0 amide bonds. The van der Waals surface area contributed by atoms with Gasteiger partial charge in [0.05, 0.1) is 19.8 Å². The molecule has 2 aliphatic rings. The van der Waals surface area contributed by atoms with Crippen LogP contribution in [0.25, 0.3) is 0 Å². The smallest absolute Gasteiger partial charge is 0.306 e. The van der Waals surface area contributed by atoms with Gasteiger partial charge in [-0.05, 0) is 12.8 Å². The van der Waals surface area contributed by atoms with E-state index in [4.69, 9.17) is 28.4 Å². The summed E-state index contributed by atoms with van der Waals surface area (Å²) in [4.78, 5) is 25.9. The Bertz CT molecular complexity index is 1290. The Morgan fingerprint density at radius 3 is 1.05 bits per heavy atom. The number of hydrogen-bond donors (Lipinski definition) is 7. The van der Waals surface area contributed by atoms with Crippen molar-refractivity contribution in [3.8, 4) is 0 Å². The van der Waals surface area contributed by atoms with Gasteiger partial charge in [-0.3, -0.25) is 9.59 Å². The Morgan fingerprint density at radius 2 is 0.689 bits per heavy atom. The van der Waals surface area contributed by atoms with Crippen LogP contribution in [0.3, 0.4) is 0 Å². The van der Waals surface area contributed by atoms with Crippen LogP contribution in [-0.4, -0.2) is 142 Å². The molecule has 0 bridgehead atoms. The van der Waals surface area contributed by atoms with Crippen LogP contribution in [0.5, 0.6) is 0 Å². The van der Waals surface area contributed by atoms with Gasteiger partial charge in [-0.25, -0.2) is 0 Å². The van der Waals surface area contributed by atoms with Crippen molar-refractivity contribution in [1.29, 1.82) is 0 Å². The first-order valence-corrected chi connectivity index (χ1v) is 30.6. The molecule has 0 aromatic rings. The highest BCUT2D eigenvalue weighted by Crippen LogP contribution is 2.27. The molecule has 0 spiro atoms. The molecule has 0 aromatic heterocycles. The quantitative estimate of drug-likeness (QED) is 0.0222. The predicted molar refractivity (Wildman–Crippen MR) is 289 cm³/mol. The fraction of sp³-hybridized carbons (Fsp3) is 0.966. The molecule has 7 N–H and O–H groups in total. The van der Waals surface area contributed by atoms with E-state index in [0.29, 0.717) is 12.8 Å². The van der Waals surface area contributed by atoms with Gasteiger partial charge in [0, 0.05) is 12.8 Å². The Kier molecular flexibility index (Phi) is 43.0. The van der Waals surface area contributed by atoms with Gasteiger partial charge in [0.25, 0.3) is 0 Å². The number of aliphatic hydroxyl groups is 7. The van der Waals surface area contributed by atoms with Crippen molar-refractivity contribution in [2.24, 2.45) is 0 Å².